The molecule has 1 aliphatic rings. The number of piperidine rings is 1. The molecule has 0 aliphatic carbocycles. The second-order valence-corrected chi connectivity index (χ2v) is 7.45. The van der Waals surface area contributed by atoms with Gasteiger partial charge in [-0.05, 0) is 24.3 Å². The Labute approximate surface area is 160 Å². The lowest BCUT2D eigenvalue weighted by Crippen LogP contribution is -2.50. The molecule has 2 N–H and O–H groups in total. The third-order valence-electron chi connectivity index (χ3n) is 4.96. The van der Waals surface area contributed by atoms with Crippen LogP contribution >= 0.6 is 0 Å². The molecule has 0 radical (unpaired) electrons. The van der Waals surface area contributed by atoms with E-state index in [1.807, 2.05) is 30.3 Å². The minimum Gasteiger partial charge on any atom is -0.480 e. The number of benzene rings is 1. The number of urea groups is 1. The number of hydrogen-bond acceptors (Lipinski definition) is 3. The van der Waals surface area contributed by atoms with Crippen molar-refractivity contribution in [2.75, 3.05) is 20.1 Å². The summed E-state index contributed by atoms with van der Waals surface area (Å²) in [5.41, 5.74) is 1.07. The van der Waals surface area contributed by atoms with E-state index in [-0.39, 0.29) is 23.8 Å². The first kappa shape index (κ1) is 20.7. The first-order valence-corrected chi connectivity index (χ1v) is 9.36. The van der Waals surface area contributed by atoms with Gasteiger partial charge in [-0.15, -0.1) is 0 Å². The molecule has 1 saturated heterocycles. The molecule has 2 rings (SSSR count). The molecule has 0 spiro atoms. The summed E-state index contributed by atoms with van der Waals surface area (Å²) in [5, 5.41) is 11.8. The van der Waals surface area contributed by atoms with Crippen molar-refractivity contribution in [3.05, 3.63) is 35.9 Å². The molecule has 7 heteroatoms. The van der Waals surface area contributed by atoms with Crippen LogP contribution in [0.3, 0.4) is 0 Å². The van der Waals surface area contributed by atoms with Crippen molar-refractivity contribution < 1.29 is 19.5 Å². The molecule has 148 valence electrons. The van der Waals surface area contributed by atoms with Gasteiger partial charge in [0, 0.05) is 32.6 Å². The topological polar surface area (TPSA) is 90.0 Å². The Bertz CT molecular complexity index is 654. The molecule has 0 unspecified atom stereocenters. The summed E-state index contributed by atoms with van der Waals surface area (Å²) >= 11 is 0. The van der Waals surface area contributed by atoms with Crippen molar-refractivity contribution in [2.45, 2.75) is 39.3 Å². The van der Waals surface area contributed by atoms with Crippen LogP contribution in [0, 0.1) is 11.8 Å². The zero-order valence-electron chi connectivity index (χ0n) is 16.2. The fourth-order valence-electron chi connectivity index (χ4n) is 3.28. The van der Waals surface area contributed by atoms with E-state index in [2.05, 4.69) is 5.32 Å². The third-order valence-corrected chi connectivity index (χ3v) is 4.96. The Kier molecular flexibility index (Phi) is 7.21. The van der Waals surface area contributed by atoms with E-state index in [0.29, 0.717) is 32.5 Å². The van der Waals surface area contributed by atoms with Gasteiger partial charge in [0.1, 0.15) is 6.04 Å². The molecule has 1 fully saturated rings. The van der Waals surface area contributed by atoms with E-state index in [1.54, 1.807) is 30.7 Å². The summed E-state index contributed by atoms with van der Waals surface area (Å²) in [6.45, 7) is 5.06. The summed E-state index contributed by atoms with van der Waals surface area (Å²) < 4.78 is 0. The highest BCUT2D eigenvalue weighted by Gasteiger charge is 2.31. The van der Waals surface area contributed by atoms with Crippen molar-refractivity contribution in [1.82, 2.24) is 15.1 Å². The number of nitrogens with one attached hydrogen (secondary N) is 1. The van der Waals surface area contributed by atoms with Gasteiger partial charge in [0.25, 0.3) is 0 Å². The second kappa shape index (κ2) is 9.39. The number of nitrogens with zero attached hydrogens (tertiary/aromatic N) is 2. The maximum Gasteiger partial charge on any atom is 0.326 e. The third kappa shape index (κ3) is 5.70. The zero-order chi connectivity index (χ0) is 20.0. The van der Waals surface area contributed by atoms with Gasteiger partial charge in [-0.25, -0.2) is 9.59 Å². The average molecular weight is 375 g/mol. The Morgan fingerprint density at radius 3 is 2.30 bits per heavy atom. The molecule has 3 amide bonds. The van der Waals surface area contributed by atoms with Crippen LogP contribution in [0.25, 0.3) is 0 Å². The summed E-state index contributed by atoms with van der Waals surface area (Å²) in [5.74, 6) is -1.69. The lowest BCUT2D eigenvalue weighted by molar-refractivity contribution is -0.144. The summed E-state index contributed by atoms with van der Waals surface area (Å²) in [4.78, 5) is 39.7. The van der Waals surface area contributed by atoms with Gasteiger partial charge < -0.3 is 20.2 Å². The van der Waals surface area contributed by atoms with Gasteiger partial charge in [0.05, 0.1) is 0 Å². The van der Waals surface area contributed by atoms with Crippen molar-refractivity contribution in [2.24, 2.45) is 11.8 Å². The van der Waals surface area contributed by atoms with E-state index in [4.69, 9.17) is 0 Å². The van der Waals surface area contributed by atoms with E-state index in [1.165, 1.54) is 0 Å². The number of hydrogen-bond donors (Lipinski definition) is 2. The molecule has 0 aromatic heterocycles. The Morgan fingerprint density at radius 1 is 1.19 bits per heavy atom. The van der Waals surface area contributed by atoms with Crippen molar-refractivity contribution >= 4 is 17.9 Å². The van der Waals surface area contributed by atoms with Crippen LogP contribution in [-0.2, 0) is 16.1 Å². The minimum absolute atomic E-state index is 0.0525. The number of carboxylic acid groups (broad SMARTS) is 1. The number of carbonyl (C=O) groups excluding carboxylic acids is 2. The number of aliphatic carboxylic acids is 1. The van der Waals surface area contributed by atoms with Gasteiger partial charge in [-0.3, -0.25) is 4.79 Å². The first-order chi connectivity index (χ1) is 12.8. The van der Waals surface area contributed by atoms with Gasteiger partial charge in [-0.1, -0.05) is 44.2 Å². The van der Waals surface area contributed by atoms with E-state index >= 15 is 0 Å². The number of likely N-dealkylation sites (tertiary alicyclic amines) is 1. The summed E-state index contributed by atoms with van der Waals surface area (Å²) in [6.07, 6.45) is 1.09. The molecule has 7 nitrogen and oxygen atoms in total. The van der Waals surface area contributed by atoms with Crippen molar-refractivity contribution in [3.63, 3.8) is 0 Å². The zero-order valence-corrected chi connectivity index (χ0v) is 16.2. The molecule has 0 saturated carbocycles. The molecule has 1 aromatic carbocycles. The maximum absolute atomic E-state index is 12.6. The summed E-state index contributed by atoms with van der Waals surface area (Å²) in [6, 6.07) is 8.85. The predicted octanol–water partition coefficient (Wildman–Crippen LogP) is 2.18. The van der Waals surface area contributed by atoms with Crippen molar-refractivity contribution in [3.8, 4) is 0 Å². The molecule has 0 bridgehead atoms. The number of carboxylic acids is 1. The van der Waals surface area contributed by atoms with Crippen LogP contribution < -0.4 is 5.32 Å². The van der Waals surface area contributed by atoms with E-state index in [9.17, 15) is 19.5 Å². The Hall–Kier alpha value is -2.57. The lowest BCUT2D eigenvalue weighted by atomic mass is 9.94. The normalized spacial score (nSPS) is 16.1. The van der Waals surface area contributed by atoms with Crippen LogP contribution in [0.2, 0.25) is 0 Å². The van der Waals surface area contributed by atoms with Crippen molar-refractivity contribution in [1.29, 1.82) is 0 Å². The number of rotatable bonds is 6. The Morgan fingerprint density at radius 2 is 1.78 bits per heavy atom. The number of carbonyl (C=O) groups is 3. The monoisotopic (exact) mass is 375 g/mol. The predicted molar refractivity (Wildman–Crippen MR) is 102 cm³/mol. The van der Waals surface area contributed by atoms with Crippen LogP contribution in [0.1, 0.15) is 32.3 Å². The van der Waals surface area contributed by atoms with E-state index < -0.39 is 12.0 Å². The van der Waals surface area contributed by atoms with Crippen LogP contribution in [0.4, 0.5) is 4.79 Å². The van der Waals surface area contributed by atoms with Gasteiger partial charge in [-0.2, -0.15) is 0 Å². The van der Waals surface area contributed by atoms with Gasteiger partial charge >= 0.3 is 12.0 Å². The first-order valence-electron chi connectivity index (χ1n) is 9.36. The smallest absolute Gasteiger partial charge is 0.326 e. The Balaban J connectivity index is 1.84. The fourth-order valence-corrected chi connectivity index (χ4v) is 3.28. The van der Waals surface area contributed by atoms with Gasteiger partial charge in [0.15, 0.2) is 0 Å². The fraction of sp³-hybridized carbons (Fsp3) is 0.550. The van der Waals surface area contributed by atoms with E-state index in [0.717, 1.165) is 5.56 Å². The van der Waals surface area contributed by atoms with Gasteiger partial charge in [0.2, 0.25) is 5.91 Å². The molecule has 1 heterocycles. The highest BCUT2D eigenvalue weighted by molar-refractivity contribution is 5.85. The SMILES string of the molecule is CC(C)[C@@H](NC(=O)C1CCN(C(=O)N(C)Cc2ccccc2)CC1)C(=O)O. The number of amides is 3. The van der Waals surface area contributed by atoms with Crippen LogP contribution in [-0.4, -0.2) is 59.0 Å². The highest BCUT2D eigenvalue weighted by Crippen LogP contribution is 2.19. The average Bonchev–Trinajstić information content (AvgIpc) is 2.65. The molecule has 27 heavy (non-hydrogen) atoms. The largest absolute Gasteiger partial charge is 0.480 e. The highest BCUT2D eigenvalue weighted by atomic mass is 16.4. The second-order valence-electron chi connectivity index (χ2n) is 7.45. The lowest BCUT2D eigenvalue weighted by Gasteiger charge is -2.34. The van der Waals surface area contributed by atoms with Crippen LogP contribution in [0.15, 0.2) is 30.3 Å². The maximum atomic E-state index is 12.6. The molecule has 1 aromatic rings. The quantitative estimate of drug-likeness (QED) is 0.797. The molecule has 1 aliphatic heterocycles. The molecule has 1 atom stereocenters. The summed E-state index contributed by atoms with van der Waals surface area (Å²) in [7, 11) is 1.77. The standard InChI is InChI=1S/C20H29N3O4/c1-14(2)17(19(25)26)21-18(24)16-9-11-23(12-10-16)20(27)22(3)13-15-7-5-4-6-8-15/h4-8,14,16-17H,9-13H2,1-3H3,(H,21,24)(H,25,26)/t17-/m1/s1. The molecular formula is C20H29N3O4. The van der Waals surface area contributed by atoms with Crippen LogP contribution in [0.5, 0.6) is 0 Å². The molecular weight excluding hydrogens is 346 g/mol. The minimum atomic E-state index is -1.02.